The van der Waals surface area contributed by atoms with Crippen molar-refractivity contribution in [1.29, 1.82) is 0 Å². The first-order chi connectivity index (χ1) is 13.2. The summed E-state index contributed by atoms with van der Waals surface area (Å²) in [6.07, 6.45) is 1.98. The van der Waals surface area contributed by atoms with Crippen molar-refractivity contribution in [3.63, 3.8) is 0 Å². The molecule has 3 rings (SSSR count). The van der Waals surface area contributed by atoms with Crippen molar-refractivity contribution in [3.8, 4) is 0 Å². The Hall–Kier alpha value is -2.21. The van der Waals surface area contributed by atoms with Gasteiger partial charge in [-0.15, -0.1) is 0 Å². The van der Waals surface area contributed by atoms with Crippen molar-refractivity contribution in [3.05, 3.63) is 53.1 Å². The number of halogens is 1. The minimum atomic E-state index is -0.760. The first-order valence-corrected chi connectivity index (χ1v) is 9.91. The first kappa shape index (κ1) is 20.5. The molecule has 1 aromatic heterocycles. The molecule has 2 heterocycles. The van der Waals surface area contributed by atoms with Gasteiger partial charge in [-0.3, -0.25) is 9.48 Å². The SMILES string of the molecule is CN(C)Cc1cc(C2CCCN(C(=O)C(C)(C)c3cccc(F)c3)C2)nn1C. The molecule has 0 radical (unpaired) electrons. The summed E-state index contributed by atoms with van der Waals surface area (Å²) in [5.41, 5.74) is 2.18. The maximum absolute atomic E-state index is 13.7. The number of nitrogens with zero attached hydrogens (tertiary/aromatic N) is 4. The Morgan fingerprint density at radius 2 is 2.07 bits per heavy atom. The highest BCUT2D eigenvalue weighted by Crippen LogP contribution is 2.32. The molecule has 0 bridgehead atoms. The summed E-state index contributed by atoms with van der Waals surface area (Å²) >= 11 is 0. The Morgan fingerprint density at radius 3 is 2.75 bits per heavy atom. The molecule has 1 aromatic carbocycles. The fourth-order valence-corrected chi connectivity index (χ4v) is 4.00. The van der Waals surface area contributed by atoms with Crippen LogP contribution in [0.25, 0.3) is 0 Å². The van der Waals surface area contributed by atoms with Crippen LogP contribution in [-0.4, -0.2) is 52.7 Å². The van der Waals surface area contributed by atoms with Crippen molar-refractivity contribution in [2.24, 2.45) is 7.05 Å². The van der Waals surface area contributed by atoms with Crippen molar-refractivity contribution in [1.82, 2.24) is 19.6 Å². The van der Waals surface area contributed by atoms with Crippen molar-refractivity contribution >= 4 is 5.91 Å². The predicted molar refractivity (Wildman–Crippen MR) is 109 cm³/mol. The van der Waals surface area contributed by atoms with Gasteiger partial charge in [0.1, 0.15) is 5.82 Å². The molecule has 1 unspecified atom stereocenters. The lowest BCUT2D eigenvalue weighted by Crippen LogP contribution is -2.47. The molecular formula is C22H31FN4O. The topological polar surface area (TPSA) is 41.4 Å². The highest BCUT2D eigenvalue weighted by Gasteiger charge is 2.36. The number of carbonyl (C=O) groups excluding carboxylic acids is 1. The van der Waals surface area contributed by atoms with Crippen LogP contribution < -0.4 is 0 Å². The van der Waals surface area contributed by atoms with Gasteiger partial charge in [-0.25, -0.2) is 4.39 Å². The highest BCUT2D eigenvalue weighted by molar-refractivity contribution is 5.87. The molecule has 1 saturated heterocycles. The van der Waals surface area contributed by atoms with E-state index in [0.717, 1.165) is 31.6 Å². The number of hydrogen-bond donors (Lipinski definition) is 0. The van der Waals surface area contributed by atoms with E-state index in [0.29, 0.717) is 12.1 Å². The molecule has 1 aliphatic heterocycles. The molecule has 28 heavy (non-hydrogen) atoms. The number of aryl methyl sites for hydroxylation is 1. The lowest BCUT2D eigenvalue weighted by molar-refractivity contribution is -0.137. The Morgan fingerprint density at radius 1 is 1.32 bits per heavy atom. The molecule has 1 aliphatic rings. The minimum Gasteiger partial charge on any atom is -0.341 e. The van der Waals surface area contributed by atoms with Crippen LogP contribution in [0, 0.1) is 5.82 Å². The maximum Gasteiger partial charge on any atom is 0.232 e. The normalized spacial score (nSPS) is 18.0. The second-order valence-corrected chi connectivity index (χ2v) is 8.65. The number of benzene rings is 1. The quantitative estimate of drug-likeness (QED) is 0.792. The van der Waals surface area contributed by atoms with Gasteiger partial charge in [0.05, 0.1) is 16.8 Å². The first-order valence-electron chi connectivity index (χ1n) is 9.91. The van der Waals surface area contributed by atoms with E-state index in [4.69, 9.17) is 5.10 Å². The van der Waals surface area contributed by atoms with Crippen LogP contribution in [-0.2, 0) is 23.8 Å². The smallest absolute Gasteiger partial charge is 0.232 e. The molecule has 0 N–H and O–H groups in total. The summed E-state index contributed by atoms with van der Waals surface area (Å²) in [7, 11) is 6.06. The van der Waals surface area contributed by atoms with Crippen LogP contribution in [0.15, 0.2) is 30.3 Å². The zero-order valence-corrected chi connectivity index (χ0v) is 17.6. The summed E-state index contributed by atoms with van der Waals surface area (Å²) in [5, 5.41) is 4.72. The van der Waals surface area contributed by atoms with Crippen molar-refractivity contribution < 1.29 is 9.18 Å². The molecule has 0 aliphatic carbocycles. The summed E-state index contributed by atoms with van der Waals surface area (Å²) in [6.45, 7) is 6.00. The number of carbonyl (C=O) groups is 1. The number of aromatic nitrogens is 2. The van der Waals surface area contributed by atoms with E-state index in [1.54, 1.807) is 6.07 Å². The van der Waals surface area contributed by atoms with Crippen molar-refractivity contribution in [2.45, 2.75) is 44.6 Å². The summed E-state index contributed by atoms with van der Waals surface area (Å²) in [6, 6.07) is 8.53. The Kier molecular flexibility index (Phi) is 5.89. The molecule has 0 spiro atoms. The third-order valence-electron chi connectivity index (χ3n) is 5.68. The molecule has 1 atom stereocenters. The number of likely N-dealkylation sites (tertiary alicyclic amines) is 1. The predicted octanol–water partition coefficient (Wildman–Crippen LogP) is 3.30. The average molecular weight is 387 g/mol. The molecule has 6 heteroatoms. The molecule has 2 aromatic rings. The minimum absolute atomic E-state index is 0.0484. The van der Waals surface area contributed by atoms with Gasteiger partial charge in [0, 0.05) is 32.6 Å². The molecular weight excluding hydrogens is 355 g/mol. The maximum atomic E-state index is 13.7. The lowest BCUT2D eigenvalue weighted by Gasteiger charge is -2.37. The van der Waals surface area contributed by atoms with Crippen LogP contribution in [0.4, 0.5) is 4.39 Å². The second kappa shape index (κ2) is 8.03. The Balaban J connectivity index is 1.76. The lowest BCUT2D eigenvalue weighted by atomic mass is 9.82. The molecule has 152 valence electrons. The van der Waals surface area contributed by atoms with Gasteiger partial charge in [-0.2, -0.15) is 5.10 Å². The fraction of sp³-hybridized carbons (Fsp3) is 0.545. The van der Waals surface area contributed by atoms with E-state index in [9.17, 15) is 9.18 Å². The monoisotopic (exact) mass is 386 g/mol. The number of rotatable bonds is 5. The zero-order chi connectivity index (χ0) is 20.5. The number of piperidine rings is 1. The molecule has 1 amide bonds. The Labute approximate surface area is 167 Å². The van der Waals surface area contributed by atoms with E-state index in [1.807, 2.05) is 50.6 Å². The van der Waals surface area contributed by atoms with Gasteiger partial charge in [0.25, 0.3) is 0 Å². The molecule has 0 saturated carbocycles. The highest BCUT2D eigenvalue weighted by atomic mass is 19.1. The van der Waals surface area contributed by atoms with Gasteiger partial charge in [0.15, 0.2) is 0 Å². The standard InChI is InChI=1S/C22H31FN4O/c1-22(2,17-9-6-10-18(23)12-17)21(28)27-11-7-8-16(14-27)20-13-19(15-25(3)4)26(5)24-20/h6,9-10,12-13,16H,7-8,11,14-15H2,1-5H3. The summed E-state index contributed by atoms with van der Waals surface area (Å²) in [5.74, 6) is -0.0211. The number of hydrogen-bond acceptors (Lipinski definition) is 3. The largest absolute Gasteiger partial charge is 0.341 e. The van der Waals surface area contributed by atoms with E-state index in [2.05, 4.69) is 11.0 Å². The van der Waals surface area contributed by atoms with Gasteiger partial charge in [0.2, 0.25) is 5.91 Å². The summed E-state index contributed by atoms with van der Waals surface area (Å²) in [4.78, 5) is 17.4. The van der Waals surface area contributed by atoms with Crippen LogP contribution in [0.3, 0.4) is 0 Å². The fourth-order valence-electron chi connectivity index (χ4n) is 4.00. The molecule has 5 nitrogen and oxygen atoms in total. The number of amides is 1. The third-order valence-corrected chi connectivity index (χ3v) is 5.68. The van der Waals surface area contributed by atoms with Gasteiger partial charge >= 0.3 is 0 Å². The average Bonchev–Trinajstić information content (AvgIpc) is 3.01. The van der Waals surface area contributed by atoms with Crippen LogP contribution in [0.2, 0.25) is 0 Å². The van der Waals surface area contributed by atoms with Crippen molar-refractivity contribution in [2.75, 3.05) is 27.2 Å². The van der Waals surface area contributed by atoms with Gasteiger partial charge in [-0.05, 0) is 64.5 Å². The third kappa shape index (κ3) is 4.27. The van der Waals surface area contributed by atoms with E-state index < -0.39 is 5.41 Å². The Bertz CT molecular complexity index is 843. The summed E-state index contributed by atoms with van der Waals surface area (Å²) < 4.78 is 15.6. The molecule has 1 fully saturated rings. The van der Waals surface area contributed by atoms with Gasteiger partial charge in [-0.1, -0.05) is 12.1 Å². The van der Waals surface area contributed by atoms with Crippen LogP contribution in [0.5, 0.6) is 0 Å². The zero-order valence-electron chi connectivity index (χ0n) is 17.6. The second-order valence-electron chi connectivity index (χ2n) is 8.65. The van der Waals surface area contributed by atoms with E-state index >= 15 is 0 Å². The van der Waals surface area contributed by atoms with Gasteiger partial charge < -0.3 is 9.80 Å². The van der Waals surface area contributed by atoms with Crippen LogP contribution >= 0.6 is 0 Å². The van der Waals surface area contributed by atoms with Crippen LogP contribution in [0.1, 0.15) is 49.6 Å². The van der Waals surface area contributed by atoms with E-state index in [-0.39, 0.29) is 17.6 Å². The van der Waals surface area contributed by atoms with E-state index in [1.165, 1.54) is 17.8 Å².